The van der Waals surface area contributed by atoms with Crippen LogP contribution in [0, 0.1) is 5.92 Å². The van der Waals surface area contributed by atoms with E-state index in [-0.39, 0.29) is 12.0 Å². The van der Waals surface area contributed by atoms with Gasteiger partial charge in [0.15, 0.2) is 5.82 Å². The fraction of sp³-hybridized carbons (Fsp3) is 0.450. The van der Waals surface area contributed by atoms with E-state index >= 15 is 0 Å². The van der Waals surface area contributed by atoms with Gasteiger partial charge in [-0.25, -0.2) is 0 Å². The summed E-state index contributed by atoms with van der Waals surface area (Å²) in [6, 6.07) is 10.3. The molecule has 5 rings (SSSR count). The van der Waals surface area contributed by atoms with Gasteiger partial charge in [-0.3, -0.25) is 9.88 Å². The van der Waals surface area contributed by atoms with Crippen LogP contribution in [0.25, 0.3) is 10.9 Å². The van der Waals surface area contributed by atoms with Crippen LogP contribution in [0.5, 0.6) is 0 Å². The highest BCUT2D eigenvalue weighted by molar-refractivity contribution is 5.81. The van der Waals surface area contributed by atoms with E-state index in [1.807, 2.05) is 24.4 Å². The SMILES string of the molecule is O[C@@H]1CN(Cc2noc(C3CC3)n2)C[C@H]1Cc1ccnc2ccccc12. The van der Waals surface area contributed by atoms with Crippen molar-refractivity contribution in [1.29, 1.82) is 0 Å². The summed E-state index contributed by atoms with van der Waals surface area (Å²) in [7, 11) is 0. The molecule has 2 aliphatic rings. The number of benzene rings is 1. The monoisotopic (exact) mass is 350 g/mol. The van der Waals surface area contributed by atoms with E-state index in [1.54, 1.807) is 0 Å². The molecule has 26 heavy (non-hydrogen) atoms. The molecule has 1 saturated heterocycles. The molecule has 1 aromatic carbocycles. The first-order valence-electron chi connectivity index (χ1n) is 9.32. The standard InChI is InChI=1S/C20H22N4O2/c25-18-11-24(12-19-22-20(26-23-19)13-5-6-13)10-15(18)9-14-7-8-21-17-4-2-1-3-16(14)17/h1-4,7-8,13,15,18,25H,5-6,9-12H2/t15-,18-/m1/s1. The maximum absolute atomic E-state index is 10.6. The average Bonchev–Trinajstić information content (AvgIpc) is 3.31. The second kappa shape index (κ2) is 6.45. The Balaban J connectivity index is 1.28. The Morgan fingerprint density at radius 2 is 2.04 bits per heavy atom. The number of β-amino-alcohol motifs (C(OH)–C–C–N with tert-alkyl or cyclic N) is 1. The average molecular weight is 350 g/mol. The van der Waals surface area contributed by atoms with Crippen molar-refractivity contribution in [3.05, 3.63) is 53.8 Å². The predicted octanol–water partition coefficient (Wildman–Crippen LogP) is 2.53. The van der Waals surface area contributed by atoms with Crippen molar-refractivity contribution < 1.29 is 9.63 Å². The van der Waals surface area contributed by atoms with Crippen LogP contribution in [-0.4, -0.2) is 44.3 Å². The van der Waals surface area contributed by atoms with Crippen molar-refractivity contribution in [2.24, 2.45) is 5.92 Å². The van der Waals surface area contributed by atoms with Crippen LogP contribution in [0.1, 0.15) is 36.0 Å². The summed E-state index contributed by atoms with van der Waals surface area (Å²) in [5, 5.41) is 15.8. The fourth-order valence-electron chi connectivity index (χ4n) is 3.91. The number of likely N-dealkylation sites (tertiary alicyclic amines) is 1. The highest BCUT2D eigenvalue weighted by atomic mass is 16.5. The van der Waals surface area contributed by atoms with Gasteiger partial charge in [-0.05, 0) is 37.0 Å². The van der Waals surface area contributed by atoms with Crippen LogP contribution < -0.4 is 0 Å². The number of aliphatic hydroxyl groups excluding tert-OH is 1. The number of nitrogens with zero attached hydrogens (tertiary/aromatic N) is 4. The zero-order valence-electron chi connectivity index (χ0n) is 14.6. The zero-order chi connectivity index (χ0) is 17.5. The van der Waals surface area contributed by atoms with Crippen LogP contribution in [-0.2, 0) is 13.0 Å². The first-order valence-corrected chi connectivity index (χ1v) is 9.32. The Morgan fingerprint density at radius 3 is 2.92 bits per heavy atom. The van der Waals surface area contributed by atoms with Gasteiger partial charge in [0.1, 0.15) is 0 Å². The van der Waals surface area contributed by atoms with Gasteiger partial charge in [0.2, 0.25) is 5.89 Å². The molecule has 1 aliphatic heterocycles. The Bertz CT molecular complexity index is 916. The fourth-order valence-corrected chi connectivity index (χ4v) is 3.91. The molecule has 0 unspecified atom stereocenters. The van der Waals surface area contributed by atoms with Crippen molar-refractivity contribution in [3.63, 3.8) is 0 Å². The van der Waals surface area contributed by atoms with Crippen LogP contribution in [0.4, 0.5) is 0 Å². The van der Waals surface area contributed by atoms with Gasteiger partial charge in [0, 0.05) is 36.5 Å². The first-order chi connectivity index (χ1) is 12.8. The van der Waals surface area contributed by atoms with Crippen LogP contribution in [0.2, 0.25) is 0 Å². The Morgan fingerprint density at radius 1 is 1.15 bits per heavy atom. The maximum atomic E-state index is 10.6. The highest BCUT2D eigenvalue weighted by Crippen LogP contribution is 2.39. The van der Waals surface area contributed by atoms with Crippen molar-refractivity contribution >= 4 is 10.9 Å². The van der Waals surface area contributed by atoms with Crippen molar-refractivity contribution in [2.75, 3.05) is 13.1 Å². The lowest BCUT2D eigenvalue weighted by Crippen LogP contribution is -2.22. The van der Waals surface area contributed by atoms with E-state index in [9.17, 15) is 5.11 Å². The molecular formula is C20H22N4O2. The Labute approximate surface area is 151 Å². The van der Waals surface area contributed by atoms with Crippen LogP contribution >= 0.6 is 0 Å². The Hall–Kier alpha value is -2.31. The largest absolute Gasteiger partial charge is 0.391 e. The minimum atomic E-state index is -0.336. The molecule has 0 spiro atoms. The van der Waals surface area contributed by atoms with E-state index < -0.39 is 0 Å². The van der Waals surface area contributed by atoms with Crippen molar-refractivity contribution in [2.45, 2.75) is 37.8 Å². The number of pyridine rings is 1. The van der Waals surface area contributed by atoms with Gasteiger partial charge in [-0.1, -0.05) is 23.4 Å². The van der Waals surface area contributed by atoms with Gasteiger partial charge in [0.25, 0.3) is 0 Å². The number of fused-ring (bicyclic) bond motifs is 1. The van der Waals surface area contributed by atoms with Gasteiger partial charge >= 0.3 is 0 Å². The molecule has 0 radical (unpaired) electrons. The molecule has 2 atom stereocenters. The lowest BCUT2D eigenvalue weighted by atomic mass is 9.94. The second-order valence-electron chi connectivity index (χ2n) is 7.54. The summed E-state index contributed by atoms with van der Waals surface area (Å²) in [6.07, 6.45) is 4.69. The first kappa shape index (κ1) is 15.9. The number of para-hydroxylation sites is 1. The van der Waals surface area contributed by atoms with Crippen molar-refractivity contribution in [3.8, 4) is 0 Å². The quantitative estimate of drug-likeness (QED) is 0.762. The summed E-state index contributed by atoms with van der Waals surface area (Å²) in [5.41, 5.74) is 2.26. The molecule has 134 valence electrons. The van der Waals surface area contributed by atoms with Gasteiger partial charge in [0.05, 0.1) is 18.2 Å². The molecule has 2 aromatic heterocycles. The highest BCUT2D eigenvalue weighted by Gasteiger charge is 2.33. The van der Waals surface area contributed by atoms with Gasteiger partial charge in [-0.2, -0.15) is 4.98 Å². The zero-order valence-corrected chi connectivity index (χ0v) is 14.6. The molecule has 3 aromatic rings. The summed E-state index contributed by atoms with van der Waals surface area (Å²) in [6.45, 7) is 2.13. The number of aliphatic hydroxyl groups is 1. The van der Waals surface area contributed by atoms with Gasteiger partial charge < -0.3 is 9.63 Å². The number of rotatable bonds is 5. The number of aromatic nitrogens is 3. The van der Waals surface area contributed by atoms with E-state index in [1.165, 1.54) is 10.9 Å². The third kappa shape index (κ3) is 3.10. The van der Waals surface area contributed by atoms with E-state index in [2.05, 4.69) is 32.2 Å². The third-order valence-electron chi connectivity index (χ3n) is 5.48. The number of hydrogen-bond acceptors (Lipinski definition) is 6. The molecule has 1 N–H and O–H groups in total. The molecule has 1 aliphatic carbocycles. The summed E-state index contributed by atoms with van der Waals surface area (Å²) in [5.74, 6) is 2.19. The maximum Gasteiger partial charge on any atom is 0.229 e. The number of hydrogen-bond donors (Lipinski definition) is 1. The normalized spacial score (nSPS) is 23.7. The Kier molecular flexibility index (Phi) is 3.94. The van der Waals surface area contributed by atoms with Crippen LogP contribution in [0.15, 0.2) is 41.1 Å². The second-order valence-corrected chi connectivity index (χ2v) is 7.54. The summed E-state index contributed by atoms with van der Waals surface area (Å²) >= 11 is 0. The molecule has 0 bridgehead atoms. The molecule has 2 fully saturated rings. The van der Waals surface area contributed by atoms with E-state index in [0.29, 0.717) is 19.0 Å². The summed E-state index contributed by atoms with van der Waals surface area (Å²) in [4.78, 5) is 11.2. The molecule has 3 heterocycles. The molecule has 0 amide bonds. The minimum Gasteiger partial charge on any atom is -0.391 e. The minimum absolute atomic E-state index is 0.204. The topological polar surface area (TPSA) is 75.3 Å². The molecular weight excluding hydrogens is 328 g/mol. The predicted molar refractivity (Wildman–Crippen MR) is 96.5 cm³/mol. The molecule has 6 nitrogen and oxygen atoms in total. The lowest BCUT2D eigenvalue weighted by Gasteiger charge is -2.15. The van der Waals surface area contributed by atoms with E-state index in [4.69, 9.17) is 4.52 Å². The van der Waals surface area contributed by atoms with Crippen LogP contribution in [0.3, 0.4) is 0 Å². The molecule has 1 saturated carbocycles. The smallest absolute Gasteiger partial charge is 0.229 e. The third-order valence-corrected chi connectivity index (χ3v) is 5.48. The van der Waals surface area contributed by atoms with Crippen molar-refractivity contribution in [1.82, 2.24) is 20.0 Å². The van der Waals surface area contributed by atoms with Gasteiger partial charge in [-0.15, -0.1) is 0 Å². The summed E-state index contributed by atoms with van der Waals surface area (Å²) < 4.78 is 5.34. The van der Waals surface area contributed by atoms with E-state index in [0.717, 1.165) is 43.0 Å². The molecule has 6 heteroatoms. The lowest BCUT2D eigenvalue weighted by molar-refractivity contribution is 0.141.